The van der Waals surface area contributed by atoms with E-state index in [0.717, 1.165) is 79.5 Å². The van der Waals surface area contributed by atoms with Gasteiger partial charge in [0.15, 0.2) is 16.4 Å². The number of aryl methyl sites for hydroxylation is 1. The Morgan fingerprint density at radius 3 is 2.73 bits per heavy atom. The lowest BCUT2D eigenvalue weighted by Gasteiger charge is -2.32. The number of morpholine rings is 1. The third kappa shape index (κ3) is 5.66. The number of furan rings is 1. The Morgan fingerprint density at radius 2 is 1.97 bits per heavy atom. The molecule has 1 aliphatic rings. The minimum Gasteiger partial charge on any atom is -0.493 e. The summed E-state index contributed by atoms with van der Waals surface area (Å²) in [6, 6.07) is 16.2. The topological polar surface area (TPSA) is 50.1 Å². The van der Waals surface area contributed by atoms with Crippen molar-refractivity contribution in [3.8, 4) is 5.75 Å². The van der Waals surface area contributed by atoms with Crippen LogP contribution in [0.5, 0.6) is 5.75 Å². The van der Waals surface area contributed by atoms with Crippen LogP contribution >= 0.6 is 12.2 Å². The fraction of sp³-hybridized carbons (Fsp3) is 0.423. The van der Waals surface area contributed by atoms with E-state index in [2.05, 4.69) is 47.2 Å². The maximum Gasteiger partial charge on any atom is 0.176 e. The van der Waals surface area contributed by atoms with Crippen LogP contribution in [0.2, 0.25) is 0 Å². The summed E-state index contributed by atoms with van der Waals surface area (Å²) in [4.78, 5) is 4.68. The largest absolute Gasteiger partial charge is 0.493 e. The number of nitrogens with zero attached hydrogens (tertiary/aromatic N) is 2. The first kappa shape index (κ1) is 23.5. The Bertz CT molecular complexity index is 1080. The van der Waals surface area contributed by atoms with Gasteiger partial charge in [-0.05, 0) is 56.2 Å². The summed E-state index contributed by atoms with van der Waals surface area (Å²) >= 11 is 5.91. The van der Waals surface area contributed by atoms with Crippen LogP contribution < -0.4 is 10.1 Å². The first-order valence-electron chi connectivity index (χ1n) is 11.6. The highest BCUT2D eigenvalue weighted by Crippen LogP contribution is 2.33. The zero-order valence-electron chi connectivity index (χ0n) is 19.7. The lowest BCUT2D eigenvalue weighted by Crippen LogP contribution is -2.41. The molecule has 1 atom stereocenters. The predicted octanol–water partition coefficient (Wildman–Crippen LogP) is 5.23. The molecule has 1 fully saturated rings. The lowest BCUT2D eigenvalue weighted by molar-refractivity contribution is 0.0365. The van der Waals surface area contributed by atoms with Crippen molar-refractivity contribution < 1.29 is 13.9 Å². The van der Waals surface area contributed by atoms with Crippen molar-refractivity contribution in [2.24, 2.45) is 0 Å². The van der Waals surface area contributed by atoms with Gasteiger partial charge in [-0.25, -0.2) is 0 Å². The highest BCUT2D eigenvalue weighted by Gasteiger charge is 2.23. The Kier molecular flexibility index (Phi) is 7.85. The van der Waals surface area contributed by atoms with E-state index in [0.29, 0.717) is 5.11 Å². The molecule has 1 saturated heterocycles. The van der Waals surface area contributed by atoms with Crippen LogP contribution in [0.4, 0.5) is 5.69 Å². The molecule has 1 aromatic heterocycles. The van der Waals surface area contributed by atoms with Gasteiger partial charge >= 0.3 is 0 Å². The Balaban J connectivity index is 1.54. The molecule has 33 heavy (non-hydrogen) atoms. The SMILES string of the molecule is COc1cccc2cc([C@@H](C)N(CCCN3CCOCC3)C(=S)Nc3ccccc3C)oc12. The predicted molar refractivity (Wildman–Crippen MR) is 137 cm³/mol. The van der Waals surface area contributed by atoms with Crippen molar-refractivity contribution in [1.29, 1.82) is 0 Å². The summed E-state index contributed by atoms with van der Waals surface area (Å²) < 4.78 is 17.2. The number of fused-ring (bicyclic) bond motifs is 1. The quantitative estimate of drug-likeness (QED) is 0.455. The molecule has 4 rings (SSSR count). The van der Waals surface area contributed by atoms with Gasteiger partial charge in [0.25, 0.3) is 0 Å². The maximum absolute atomic E-state index is 6.27. The van der Waals surface area contributed by atoms with Crippen LogP contribution in [0.15, 0.2) is 52.9 Å². The molecule has 2 aromatic carbocycles. The molecule has 0 bridgehead atoms. The van der Waals surface area contributed by atoms with Crippen LogP contribution in [0.3, 0.4) is 0 Å². The average molecular weight is 468 g/mol. The molecule has 176 valence electrons. The van der Waals surface area contributed by atoms with Gasteiger partial charge in [0.1, 0.15) is 5.76 Å². The fourth-order valence-electron chi connectivity index (χ4n) is 4.24. The van der Waals surface area contributed by atoms with E-state index in [1.54, 1.807) is 7.11 Å². The highest BCUT2D eigenvalue weighted by molar-refractivity contribution is 7.80. The Hall–Kier alpha value is -2.61. The van der Waals surface area contributed by atoms with E-state index >= 15 is 0 Å². The summed E-state index contributed by atoms with van der Waals surface area (Å²) in [7, 11) is 1.67. The molecule has 0 aliphatic carbocycles. The summed E-state index contributed by atoms with van der Waals surface area (Å²) in [5, 5.41) is 5.19. The van der Waals surface area contributed by atoms with Crippen molar-refractivity contribution in [3.05, 3.63) is 59.9 Å². The van der Waals surface area contributed by atoms with Crippen molar-refractivity contribution in [2.75, 3.05) is 51.8 Å². The normalized spacial score (nSPS) is 15.4. The number of thiocarbonyl (C=S) groups is 1. The second-order valence-electron chi connectivity index (χ2n) is 8.45. The number of hydrogen-bond donors (Lipinski definition) is 1. The second-order valence-corrected chi connectivity index (χ2v) is 8.84. The zero-order valence-corrected chi connectivity index (χ0v) is 20.5. The number of anilines is 1. The van der Waals surface area contributed by atoms with Gasteiger partial charge in [-0.1, -0.05) is 30.3 Å². The van der Waals surface area contributed by atoms with Gasteiger partial charge in [0.2, 0.25) is 0 Å². The van der Waals surface area contributed by atoms with Crippen molar-refractivity contribution in [2.45, 2.75) is 26.3 Å². The van der Waals surface area contributed by atoms with Gasteiger partial charge in [-0.2, -0.15) is 0 Å². The first-order valence-corrected chi connectivity index (χ1v) is 12.0. The minimum atomic E-state index is -0.0317. The molecule has 2 heterocycles. The van der Waals surface area contributed by atoms with Crippen LogP contribution in [-0.4, -0.2) is 61.4 Å². The standard InChI is InChI=1S/C26H33N3O3S/c1-19-8-4-5-10-22(19)27-26(33)29(13-7-12-28-14-16-31-17-15-28)20(2)24-18-21-9-6-11-23(30-3)25(21)32-24/h4-6,8-11,18,20H,7,12-17H2,1-3H3,(H,27,33)/t20-/m1/s1. The van der Waals surface area contributed by atoms with E-state index in [9.17, 15) is 0 Å². The maximum atomic E-state index is 6.27. The molecule has 1 aliphatic heterocycles. The molecule has 0 radical (unpaired) electrons. The fourth-order valence-corrected chi connectivity index (χ4v) is 4.60. The van der Waals surface area contributed by atoms with Crippen LogP contribution in [0.25, 0.3) is 11.0 Å². The van der Waals surface area contributed by atoms with Crippen molar-refractivity contribution in [3.63, 3.8) is 0 Å². The molecular weight excluding hydrogens is 434 g/mol. The molecule has 3 aromatic rings. The van der Waals surface area contributed by atoms with Crippen molar-refractivity contribution in [1.82, 2.24) is 9.80 Å². The smallest absolute Gasteiger partial charge is 0.176 e. The van der Waals surface area contributed by atoms with Crippen molar-refractivity contribution >= 4 is 34.0 Å². The number of para-hydroxylation sites is 2. The lowest BCUT2D eigenvalue weighted by atomic mass is 10.1. The molecule has 6 nitrogen and oxygen atoms in total. The third-order valence-electron chi connectivity index (χ3n) is 6.25. The van der Waals surface area contributed by atoms with E-state index < -0.39 is 0 Å². The summed E-state index contributed by atoms with van der Waals surface area (Å²) in [6.07, 6.45) is 1.00. The molecule has 0 unspecified atom stereocenters. The highest BCUT2D eigenvalue weighted by atomic mass is 32.1. The number of ether oxygens (including phenoxy) is 2. The summed E-state index contributed by atoms with van der Waals surface area (Å²) in [6.45, 7) is 9.68. The van der Waals surface area contributed by atoms with E-state index in [1.807, 2.05) is 30.3 Å². The van der Waals surface area contributed by atoms with Gasteiger partial charge in [-0.3, -0.25) is 4.90 Å². The van der Waals surface area contributed by atoms with E-state index in [1.165, 1.54) is 0 Å². The Morgan fingerprint density at radius 1 is 1.18 bits per heavy atom. The summed E-state index contributed by atoms with van der Waals surface area (Å²) in [5.74, 6) is 1.61. The molecule has 7 heteroatoms. The van der Waals surface area contributed by atoms with Crippen LogP contribution in [0, 0.1) is 6.92 Å². The number of nitrogens with one attached hydrogen (secondary N) is 1. The first-order chi connectivity index (χ1) is 16.1. The average Bonchev–Trinajstić information content (AvgIpc) is 3.28. The molecular formula is C26H33N3O3S. The van der Waals surface area contributed by atoms with Crippen LogP contribution in [0.1, 0.15) is 30.7 Å². The zero-order chi connectivity index (χ0) is 23.2. The van der Waals surface area contributed by atoms with Gasteiger partial charge in [0, 0.05) is 37.3 Å². The van der Waals surface area contributed by atoms with Gasteiger partial charge in [-0.15, -0.1) is 0 Å². The summed E-state index contributed by atoms with van der Waals surface area (Å²) in [5.41, 5.74) is 2.96. The van der Waals surface area contributed by atoms with E-state index in [-0.39, 0.29) is 6.04 Å². The monoisotopic (exact) mass is 467 g/mol. The molecule has 0 saturated carbocycles. The minimum absolute atomic E-state index is 0.0317. The van der Waals surface area contributed by atoms with Gasteiger partial charge in [0.05, 0.1) is 26.4 Å². The Labute approximate surface area is 201 Å². The number of rotatable bonds is 8. The van der Waals surface area contributed by atoms with Gasteiger partial charge < -0.3 is 24.1 Å². The molecule has 0 amide bonds. The van der Waals surface area contributed by atoms with Crippen LogP contribution in [-0.2, 0) is 4.74 Å². The third-order valence-corrected chi connectivity index (χ3v) is 6.59. The number of benzene rings is 2. The molecule has 1 N–H and O–H groups in total. The number of methoxy groups -OCH3 is 1. The number of hydrogen-bond acceptors (Lipinski definition) is 5. The molecule has 0 spiro atoms. The second kappa shape index (κ2) is 11.0. The van der Waals surface area contributed by atoms with E-state index in [4.69, 9.17) is 26.1 Å².